The number of thiophene rings is 1. The predicted molar refractivity (Wildman–Crippen MR) is 126 cm³/mol. The van der Waals surface area contributed by atoms with E-state index >= 15 is 0 Å². The third kappa shape index (κ3) is 6.30. The third-order valence-electron chi connectivity index (χ3n) is 5.31. The van der Waals surface area contributed by atoms with E-state index in [-0.39, 0.29) is 17.4 Å². The quantitative estimate of drug-likeness (QED) is 0.590. The molecule has 1 aromatic carbocycles. The first kappa shape index (κ1) is 23.7. The second kappa shape index (κ2) is 10.1. The van der Waals surface area contributed by atoms with Crippen molar-refractivity contribution in [1.82, 2.24) is 10.2 Å². The molecule has 172 valence electrons. The third-order valence-corrected chi connectivity index (χ3v) is 6.18. The van der Waals surface area contributed by atoms with E-state index in [9.17, 15) is 19.5 Å². The summed E-state index contributed by atoms with van der Waals surface area (Å²) in [6, 6.07) is 9.03. The molecule has 1 aliphatic rings. The Balaban J connectivity index is 1.56. The highest BCUT2D eigenvalue weighted by molar-refractivity contribution is 7.09. The van der Waals surface area contributed by atoms with Gasteiger partial charge >= 0.3 is 5.97 Å². The van der Waals surface area contributed by atoms with Crippen LogP contribution in [-0.4, -0.2) is 60.5 Å². The SMILES string of the molecule is CC(C)(C)C(=O)Nc1ccc(N2CCN(CC(=O)NCc3cccs3)CC2)cc1C(=O)O. The summed E-state index contributed by atoms with van der Waals surface area (Å²) in [4.78, 5) is 41.6. The summed E-state index contributed by atoms with van der Waals surface area (Å²) in [5, 5.41) is 17.3. The van der Waals surface area contributed by atoms with E-state index in [1.807, 2.05) is 23.6 Å². The molecule has 1 aliphatic heterocycles. The minimum atomic E-state index is -1.09. The Labute approximate surface area is 192 Å². The van der Waals surface area contributed by atoms with Crippen LogP contribution in [0.1, 0.15) is 36.0 Å². The van der Waals surface area contributed by atoms with Crippen molar-refractivity contribution in [3.05, 3.63) is 46.2 Å². The first-order valence-electron chi connectivity index (χ1n) is 10.6. The van der Waals surface area contributed by atoms with Crippen LogP contribution in [0.15, 0.2) is 35.7 Å². The summed E-state index contributed by atoms with van der Waals surface area (Å²) in [6.45, 7) is 9.01. The Kier molecular flexibility index (Phi) is 7.52. The second-order valence-corrected chi connectivity index (χ2v) is 9.89. The Morgan fingerprint density at radius 2 is 1.81 bits per heavy atom. The zero-order valence-electron chi connectivity index (χ0n) is 18.7. The molecular weight excluding hydrogens is 428 g/mol. The molecule has 3 rings (SSSR count). The Morgan fingerprint density at radius 3 is 2.41 bits per heavy atom. The molecule has 0 aliphatic carbocycles. The number of hydrogen-bond acceptors (Lipinski definition) is 6. The Hall–Kier alpha value is -2.91. The average Bonchev–Trinajstić information content (AvgIpc) is 3.26. The summed E-state index contributed by atoms with van der Waals surface area (Å²) < 4.78 is 0. The number of carboxylic acids is 1. The van der Waals surface area contributed by atoms with Gasteiger partial charge in [-0.15, -0.1) is 11.3 Å². The Bertz CT molecular complexity index is 961. The highest BCUT2D eigenvalue weighted by Gasteiger charge is 2.25. The van der Waals surface area contributed by atoms with E-state index in [0.717, 1.165) is 10.6 Å². The molecule has 0 radical (unpaired) electrons. The highest BCUT2D eigenvalue weighted by Crippen LogP contribution is 2.26. The maximum Gasteiger partial charge on any atom is 0.337 e. The van der Waals surface area contributed by atoms with Crippen molar-refractivity contribution >= 4 is 40.5 Å². The van der Waals surface area contributed by atoms with Crippen LogP contribution in [0.4, 0.5) is 11.4 Å². The summed E-state index contributed by atoms with van der Waals surface area (Å²) in [7, 11) is 0. The van der Waals surface area contributed by atoms with E-state index in [1.165, 1.54) is 0 Å². The standard InChI is InChI=1S/C23H30N4O4S/c1-23(2,3)22(31)25-19-7-6-16(13-18(19)21(29)30)27-10-8-26(9-11-27)15-20(28)24-14-17-5-4-12-32-17/h4-7,12-13H,8-11,14-15H2,1-3H3,(H,24,28)(H,25,31)(H,29,30). The van der Waals surface area contributed by atoms with Gasteiger partial charge in [-0.3, -0.25) is 14.5 Å². The maximum absolute atomic E-state index is 12.3. The first-order valence-corrected chi connectivity index (χ1v) is 11.5. The van der Waals surface area contributed by atoms with Crippen LogP contribution in [0, 0.1) is 5.41 Å². The minimum Gasteiger partial charge on any atom is -0.478 e. The number of nitrogens with zero attached hydrogens (tertiary/aromatic N) is 2. The lowest BCUT2D eigenvalue weighted by atomic mass is 9.95. The summed E-state index contributed by atoms with van der Waals surface area (Å²) in [5.74, 6) is -1.32. The van der Waals surface area contributed by atoms with E-state index < -0.39 is 11.4 Å². The second-order valence-electron chi connectivity index (χ2n) is 8.86. The van der Waals surface area contributed by atoms with Gasteiger partial charge in [-0.25, -0.2) is 4.79 Å². The topological polar surface area (TPSA) is 102 Å². The van der Waals surface area contributed by atoms with Crippen molar-refractivity contribution in [2.45, 2.75) is 27.3 Å². The van der Waals surface area contributed by atoms with Gasteiger partial charge in [-0.1, -0.05) is 26.8 Å². The van der Waals surface area contributed by atoms with Crippen molar-refractivity contribution in [1.29, 1.82) is 0 Å². The molecule has 1 aromatic heterocycles. The number of amides is 2. The van der Waals surface area contributed by atoms with Crippen molar-refractivity contribution in [2.75, 3.05) is 42.9 Å². The molecule has 9 heteroatoms. The number of benzene rings is 1. The van der Waals surface area contributed by atoms with Gasteiger partial charge in [0.1, 0.15) is 0 Å². The fraction of sp³-hybridized carbons (Fsp3) is 0.435. The number of hydrogen-bond donors (Lipinski definition) is 3. The molecule has 2 amide bonds. The van der Waals surface area contributed by atoms with Gasteiger partial charge in [0.25, 0.3) is 0 Å². The molecule has 0 atom stereocenters. The van der Waals surface area contributed by atoms with Crippen molar-refractivity contribution < 1.29 is 19.5 Å². The number of piperazine rings is 1. The maximum atomic E-state index is 12.3. The van der Waals surface area contributed by atoms with Crippen LogP contribution in [0.3, 0.4) is 0 Å². The van der Waals surface area contributed by atoms with Gasteiger partial charge in [-0.2, -0.15) is 0 Å². The van der Waals surface area contributed by atoms with E-state index in [0.29, 0.717) is 45.0 Å². The van der Waals surface area contributed by atoms with Crippen LogP contribution >= 0.6 is 11.3 Å². The number of rotatable bonds is 7. The lowest BCUT2D eigenvalue weighted by Gasteiger charge is -2.36. The number of nitrogens with one attached hydrogen (secondary N) is 2. The number of anilines is 2. The highest BCUT2D eigenvalue weighted by atomic mass is 32.1. The van der Waals surface area contributed by atoms with Crippen molar-refractivity contribution in [3.8, 4) is 0 Å². The van der Waals surface area contributed by atoms with Crippen LogP contribution < -0.4 is 15.5 Å². The van der Waals surface area contributed by atoms with Crippen LogP contribution in [-0.2, 0) is 16.1 Å². The first-order chi connectivity index (χ1) is 15.1. The van der Waals surface area contributed by atoms with Gasteiger partial charge in [0.15, 0.2) is 0 Å². The minimum absolute atomic E-state index is 0.000966. The number of aromatic carboxylic acids is 1. The summed E-state index contributed by atoms with van der Waals surface area (Å²) in [5.41, 5.74) is 0.525. The monoisotopic (exact) mass is 458 g/mol. The molecule has 8 nitrogen and oxygen atoms in total. The van der Waals surface area contributed by atoms with E-state index in [1.54, 1.807) is 44.2 Å². The molecule has 0 unspecified atom stereocenters. The normalized spacial score (nSPS) is 14.8. The zero-order chi connectivity index (χ0) is 23.3. The van der Waals surface area contributed by atoms with Crippen LogP contribution in [0.25, 0.3) is 0 Å². The van der Waals surface area contributed by atoms with Crippen LogP contribution in [0.5, 0.6) is 0 Å². The lowest BCUT2D eigenvalue weighted by Crippen LogP contribution is -2.49. The molecule has 0 spiro atoms. The number of carbonyl (C=O) groups is 3. The smallest absolute Gasteiger partial charge is 0.337 e. The predicted octanol–water partition coefficient (Wildman–Crippen LogP) is 2.87. The van der Waals surface area contributed by atoms with Gasteiger partial charge < -0.3 is 20.6 Å². The lowest BCUT2D eigenvalue weighted by molar-refractivity contribution is -0.123. The van der Waals surface area contributed by atoms with Crippen molar-refractivity contribution in [2.24, 2.45) is 5.41 Å². The average molecular weight is 459 g/mol. The van der Waals surface area contributed by atoms with Gasteiger partial charge in [0.05, 0.1) is 24.3 Å². The van der Waals surface area contributed by atoms with E-state index in [4.69, 9.17) is 0 Å². The molecule has 32 heavy (non-hydrogen) atoms. The van der Waals surface area contributed by atoms with Gasteiger partial charge in [0, 0.05) is 42.2 Å². The summed E-state index contributed by atoms with van der Waals surface area (Å²) in [6.07, 6.45) is 0. The molecule has 1 saturated heterocycles. The van der Waals surface area contributed by atoms with Crippen LogP contribution in [0.2, 0.25) is 0 Å². The number of carbonyl (C=O) groups excluding carboxylic acids is 2. The largest absolute Gasteiger partial charge is 0.478 e. The molecule has 0 saturated carbocycles. The molecule has 2 aromatic rings. The van der Waals surface area contributed by atoms with Gasteiger partial charge in [-0.05, 0) is 29.6 Å². The summed E-state index contributed by atoms with van der Waals surface area (Å²) >= 11 is 1.62. The zero-order valence-corrected chi connectivity index (χ0v) is 19.5. The Morgan fingerprint density at radius 1 is 1.09 bits per heavy atom. The molecular formula is C23H30N4O4S. The number of carboxylic acid groups (broad SMARTS) is 1. The molecule has 0 bridgehead atoms. The fourth-order valence-corrected chi connectivity index (χ4v) is 3.99. The van der Waals surface area contributed by atoms with E-state index in [2.05, 4.69) is 20.4 Å². The van der Waals surface area contributed by atoms with Crippen molar-refractivity contribution in [3.63, 3.8) is 0 Å². The molecule has 3 N–H and O–H groups in total. The molecule has 2 heterocycles. The fourth-order valence-electron chi connectivity index (χ4n) is 3.35. The molecule has 1 fully saturated rings. The van der Waals surface area contributed by atoms with Gasteiger partial charge in [0.2, 0.25) is 11.8 Å².